The zero-order chi connectivity index (χ0) is 15.5. The van der Waals surface area contributed by atoms with Crippen molar-refractivity contribution in [3.63, 3.8) is 0 Å². The zero-order valence-corrected chi connectivity index (χ0v) is 13.3. The number of thiazole rings is 1. The Labute approximate surface area is 127 Å². The molecule has 0 atom stereocenters. The third-order valence-corrected chi connectivity index (χ3v) is 5.26. The van der Waals surface area contributed by atoms with E-state index in [9.17, 15) is 12.8 Å². The van der Waals surface area contributed by atoms with Gasteiger partial charge in [0.15, 0.2) is 0 Å². The predicted molar refractivity (Wildman–Crippen MR) is 81.8 cm³/mol. The Balaban J connectivity index is 1.96. The summed E-state index contributed by atoms with van der Waals surface area (Å²) in [6.45, 7) is 0.285. The molecule has 2 rings (SSSR count). The summed E-state index contributed by atoms with van der Waals surface area (Å²) in [5.41, 5.74) is 1.65. The van der Waals surface area contributed by atoms with Crippen molar-refractivity contribution in [1.29, 1.82) is 0 Å². The van der Waals surface area contributed by atoms with Crippen LogP contribution in [0.2, 0.25) is 0 Å². The van der Waals surface area contributed by atoms with Gasteiger partial charge in [0, 0.05) is 38.0 Å². The Bertz CT molecular complexity index is 696. The Morgan fingerprint density at radius 3 is 2.57 bits per heavy atom. The van der Waals surface area contributed by atoms with Crippen LogP contribution < -0.4 is 4.72 Å². The van der Waals surface area contributed by atoms with Crippen molar-refractivity contribution < 1.29 is 12.8 Å². The van der Waals surface area contributed by atoms with Crippen LogP contribution in [-0.2, 0) is 16.6 Å². The third-order valence-electron chi connectivity index (χ3n) is 2.79. The van der Waals surface area contributed by atoms with Crippen molar-refractivity contribution in [3.8, 4) is 10.6 Å². The molecule has 0 radical (unpaired) electrons. The molecule has 0 aliphatic carbocycles. The summed E-state index contributed by atoms with van der Waals surface area (Å²) in [5, 5.41) is 2.67. The molecule has 114 valence electrons. The van der Waals surface area contributed by atoms with Gasteiger partial charge in [0.05, 0.1) is 5.69 Å². The van der Waals surface area contributed by atoms with Crippen LogP contribution in [0.1, 0.15) is 5.69 Å². The fourth-order valence-corrected chi connectivity index (χ4v) is 3.06. The third kappa shape index (κ3) is 4.31. The molecule has 8 heteroatoms. The Morgan fingerprint density at radius 2 is 1.95 bits per heavy atom. The average Bonchev–Trinajstić information content (AvgIpc) is 2.88. The van der Waals surface area contributed by atoms with Crippen LogP contribution in [0.3, 0.4) is 0 Å². The van der Waals surface area contributed by atoms with Crippen molar-refractivity contribution in [2.45, 2.75) is 6.42 Å². The molecule has 1 aromatic heterocycles. The number of nitrogens with zero attached hydrogens (tertiary/aromatic N) is 2. The van der Waals surface area contributed by atoms with E-state index in [-0.39, 0.29) is 12.4 Å². The average molecular weight is 329 g/mol. The second kappa shape index (κ2) is 6.61. The van der Waals surface area contributed by atoms with Crippen molar-refractivity contribution in [2.24, 2.45) is 0 Å². The van der Waals surface area contributed by atoms with E-state index in [0.717, 1.165) is 20.6 Å². The first kappa shape index (κ1) is 16.0. The highest BCUT2D eigenvalue weighted by molar-refractivity contribution is 7.87. The minimum absolute atomic E-state index is 0.284. The molecule has 0 aliphatic rings. The number of aromatic nitrogens is 1. The summed E-state index contributed by atoms with van der Waals surface area (Å²) < 4.78 is 39.5. The molecule has 1 N–H and O–H groups in total. The fourth-order valence-electron chi connectivity index (χ4n) is 1.58. The highest BCUT2D eigenvalue weighted by Gasteiger charge is 2.12. The maximum Gasteiger partial charge on any atom is 0.278 e. The molecule has 0 spiro atoms. The van der Waals surface area contributed by atoms with E-state index >= 15 is 0 Å². The van der Waals surface area contributed by atoms with Gasteiger partial charge in [0.25, 0.3) is 10.2 Å². The second-order valence-electron chi connectivity index (χ2n) is 4.58. The van der Waals surface area contributed by atoms with Crippen LogP contribution in [-0.4, -0.2) is 38.3 Å². The lowest BCUT2D eigenvalue weighted by molar-refractivity contribution is 0.505. The molecular formula is C13H16FN3O2S2. The zero-order valence-electron chi connectivity index (χ0n) is 11.7. The summed E-state index contributed by atoms with van der Waals surface area (Å²) in [7, 11) is -0.461. The lowest BCUT2D eigenvalue weighted by Crippen LogP contribution is -2.36. The molecule has 0 saturated heterocycles. The van der Waals surface area contributed by atoms with Gasteiger partial charge in [-0.2, -0.15) is 12.7 Å². The van der Waals surface area contributed by atoms with Gasteiger partial charge in [-0.15, -0.1) is 11.3 Å². The van der Waals surface area contributed by atoms with E-state index in [1.807, 2.05) is 5.38 Å². The van der Waals surface area contributed by atoms with Gasteiger partial charge in [-0.25, -0.2) is 14.1 Å². The summed E-state index contributed by atoms with van der Waals surface area (Å²) in [6.07, 6.45) is 0.505. The molecule has 0 amide bonds. The molecular weight excluding hydrogens is 313 g/mol. The molecule has 1 heterocycles. The van der Waals surface area contributed by atoms with Crippen LogP contribution in [0.5, 0.6) is 0 Å². The van der Waals surface area contributed by atoms with Crippen LogP contribution in [0.25, 0.3) is 10.6 Å². The first-order valence-electron chi connectivity index (χ1n) is 6.26. The second-order valence-corrected chi connectivity index (χ2v) is 7.41. The molecule has 0 fully saturated rings. The largest absolute Gasteiger partial charge is 0.278 e. The van der Waals surface area contributed by atoms with Gasteiger partial charge >= 0.3 is 0 Å². The highest BCUT2D eigenvalue weighted by atomic mass is 32.2. The molecule has 0 bridgehead atoms. The molecule has 1 aromatic carbocycles. The quantitative estimate of drug-likeness (QED) is 0.880. The summed E-state index contributed by atoms with van der Waals surface area (Å²) in [6, 6.07) is 6.13. The predicted octanol–water partition coefficient (Wildman–Crippen LogP) is 1.89. The van der Waals surface area contributed by atoms with Gasteiger partial charge in [0.1, 0.15) is 10.8 Å². The van der Waals surface area contributed by atoms with Crippen molar-refractivity contribution in [1.82, 2.24) is 14.0 Å². The standard InChI is InChI=1S/C13H16FN3O2S2/c1-17(2)21(18,19)15-8-7-12-9-20-13(16-12)10-3-5-11(14)6-4-10/h3-6,9,15H,7-8H2,1-2H3. The number of benzene rings is 1. The Hall–Kier alpha value is -1.35. The van der Waals surface area contributed by atoms with Gasteiger partial charge < -0.3 is 0 Å². The van der Waals surface area contributed by atoms with Crippen molar-refractivity contribution in [3.05, 3.63) is 41.2 Å². The van der Waals surface area contributed by atoms with Crippen LogP contribution >= 0.6 is 11.3 Å². The Kier molecular flexibility index (Phi) is 5.04. The van der Waals surface area contributed by atoms with Crippen molar-refractivity contribution in [2.75, 3.05) is 20.6 Å². The smallest absolute Gasteiger partial charge is 0.241 e. The molecule has 0 aliphatic heterocycles. The topological polar surface area (TPSA) is 62.3 Å². The minimum Gasteiger partial charge on any atom is -0.241 e. The minimum atomic E-state index is -3.40. The first-order valence-corrected chi connectivity index (χ1v) is 8.58. The molecule has 2 aromatic rings. The monoisotopic (exact) mass is 329 g/mol. The van der Waals surface area contributed by atoms with E-state index in [1.54, 1.807) is 12.1 Å². The molecule has 0 unspecified atom stereocenters. The number of halogens is 1. The molecule has 21 heavy (non-hydrogen) atoms. The molecule has 5 nitrogen and oxygen atoms in total. The lowest BCUT2D eigenvalue weighted by Gasteiger charge is -2.11. The van der Waals surface area contributed by atoms with E-state index in [0.29, 0.717) is 6.42 Å². The molecule has 0 saturated carbocycles. The van der Waals surface area contributed by atoms with Crippen LogP contribution in [0, 0.1) is 5.82 Å². The van der Waals surface area contributed by atoms with Gasteiger partial charge in [-0.1, -0.05) is 0 Å². The van der Waals surface area contributed by atoms with E-state index in [2.05, 4.69) is 9.71 Å². The number of hydrogen-bond donors (Lipinski definition) is 1. The van der Waals surface area contributed by atoms with Crippen LogP contribution in [0.15, 0.2) is 29.6 Å². The maximum absolute atomic E-state index is 12.9. The fraction of sp³-hybridized carbons (Fsp3) is 0.308. The number of nitrogens with one attached hydrogen (secondary N) is 1. The van der Waals surface area contributed by atoms with Crippen molar-refractivity contribution >= 4 is 21.5 Å². The van der Waals surface area contributed by atoms with E-state index in [4.69, 9.17) is 0 Å². The Morgan fingerprint density at radius 1 is 1.29 bits per heavy atom. The summed E-state index contributed by atoms with van der Waals surface area (Å²) in [5.74, 6) is -0.284. The van der Waals surface area contributed by atoms with Crippen LogP contribution in [0.4, 0.5) is 4.39 Å². The van der Waals surface area contributed by atoms with Gasteiger partial charge in [-0.05, 0) is 24.3 Å². The number of hydrogen-bond acceptors (Lipinski definition) is 4. The van der Waals surface area contributed by atoms with E-state index in [1.165, 1.54) is 37.6 Å². The van der Waals surface area contributed by atoms with Gasteiger partial charge in [-0.3, -0.25) is 0 Å². The highest BCUT2D eigenvalue weighted by Crippen LogP contribution is 2.23. The normalized spacial score (nSPS) is 12.0. The first-order chi connectivity index (χ1) is 9.88. The SMILES string of the molecule is CN(C)S(=O)(=O)NCCc1csc(-c2ccc(F)cc2)n1. The lowest BCUT2D eigenvalue weighted by atomic mass is 10.2. The van der Waals surface area contributed by atoms with Gasteiger partial charge in [0.2, 0.25) is 0 Å². The number of rotatable bonds is 6. The summed E-state index contributed by atoms with van der Waals surface area (Å²) >= 11 is 1.45. The van der Waals surface area contributed by atoms with E-state index < -0.39 is 10.2 Å². The summed E-state index contributed by atoms with van der Waals surface area (Å²) in [4.78, 5) is 4.42. The maximum atomic E-state index is 12.9.